The number of hydrogen-bond acceptors (Lipinski definition) is 0. The third-order valence-corrected chi connectivity index (χ3v) is 7.80. The van der Waals surface area contributed by atoms with Crippen molar-refractivity contribution in [2.45, 2.75) is 59.3 Å². The van der Waals surface area contributed by atoms with E-state index in [2.05, 4.69) is 120 Å². The number of fused-ring (bicyclic) bond motifs is 3. The second-order valence-electron chi connectivity index (χ2n) is 10.4. The quantitative estimate of drug-likeness (QED) is 0.302. The molecule has 33 heavy (non-hydrogen) atoms. The molecule has 0 fully saturated rings. The highest BCUT2D eigenvalue weighted by molar-refractivity contribution is 5.85. The Morgan fingerprint density at radius 1 is 0.667 bits per heavy atom. The fourth-order valence-electron chi connectivity index (χ4n) is 5.51. The van der Waals surface area contributed by atoms with Gasteiger partial charge < -0.3 is 0 Å². The molecule has 0 saturated heterocycles. The van der Waals surface area contributed by atoms with E-state index in [-0.39, 0.29) is 5.41 Å². The zero-order chi connectivity index (χ0) is 23.3. The van der Waals surface area contributed by atoms with Crippen LogP contribution in [0.5, 0.6) is 0 Å². The Morgan fingerprint density at radius 2 is 1.30 bits per heavy atom. The van der Waals surface area contributed by atoms with Crippen molar-refractivity contribution in [2.75, 3.05) is 0 Å². The van der Waals surface area contributed by atoms with Crippen molar-refractivity contribution in [1.29, 1.82) is 0 Å². The first-order valence-electron chi connectivity index (χ1n) is 12.3. The van der Waals surface area contributed by atoms with E-state index >= 15 is 0 Å². The molecule has 1 aliphatic carbocycles. The molecule has 0 radical (unpaired) electrons. The normalized spacial score (nSPS) is 14.6. The summed E-state index contributed by atoms with van der Waals surface area (Å²) in [7, 11) is 0. The molecule has 0 aromatic heterocycles. The molecule has 0 bridgehead atoms. The summed E-state index contributed by atoms with van der Waals surface area (Å²) in [4.78, 5) is 0. The molecule has 166 valence electrons. The van der Waals surface area contributed by atoms with E-state index in [1.54, 1.807) is 0 Å². The minimum atomic E-state index is 0.0172. The van der Waals surface area contributed by atoms with Crippen molar-refractivity contribution in [1.82, 2.24) is 0 Å². The molecule has 0 N–H and O–H groups in total. The van der Waals surface area contributed by atoms with Crippen molar-refractivity contribution in [2.24, 2.45) is 0 Å². The SMILES string of the molecule is CCC(C)c1ccccc1-c1cc(-c2ccc3c(c2)C(C)(C)c2cc(C)ccc2-3)ccc1C. The molecular formula is C33H34. The maximum absolute atomic E-state index is 2.43. The Hall–Kier alpha value is -3.12. The van der Waals surface area contributed by atoms with E-state index in [1.165, 1.54) is 61.2 Å². The zero-order valence-corrected chi connectivity index (χ0v) is 20.8. The second kappa shape index (κ2) is 8.03. The summed E-state index contributed by atoms with van der Waals surface area (Å²) >= 11 is 0. The van der Waals surface area contributed by atoms with Crippen LogP contribution in [-0.4, -0.2) is 0 Å². The highest BCUT2D eigenvalue weighted by Gasteiger charge is 2.35. The van der Waals surface area contributed by atoms with Gasteiger partial charge in [0.1, 0.15) is 0 Å². The molecule has 1 unspecified atom stereocenters. The highest BCUT2D eigenvalue weighted by Crippen LogP contribution is 2.50. The zero-order valence-electron chi connectivity index (χ0n) is 20.8. The summed E-state index contributed by atoms with van der Waals surface area (Å²) in [5.74, 6) is 0.548. The van der Waals surface area contributed by atoms with Gasteiger partial charge in [-0.05, 0) is 94.0 Å². The lowest BCUT2D eigenvalue weighted by atomic mass is 9.81. The van der Waals surface area contributed by atoms with Crippen LogP contribution in [0.25, 0.3) is 33.4 Å². The largest absolute Gasteiger partial charge is 0.0648 e. The van der Waals surface area contributed by atoms with Crippen LogP contribution in [0.2, 0.25) is 0 Å². The van der Waals surface area contributed by atoms with Crippen molar-refractivity contribution >= 4 is 0 Å². The van der Waals surface area contributed by atoms with Crippen LogP contribution >= 0.6 is 0 Å². The Labute approximate surface area is 199 Å². The van der Waals surface area contributed by atoms with Gasteiger partial charge in [0, 0.05) is 5.41 Å². The summed E-state index contributed by atoms with van der Waals surface area (Å²) < 4.78 is 0. The van der Waals surface area contributed by atoms with E-state index in [0.717, 1.165) is 6.42 Å². The minimum Gasteiger partial charge on any atom is -0.0648 e. The monoisotopic (exact) mass is 430 g/mol. The summed E-state index contributed by atoms with van der Waals surface area (Å²) in [6.07, 6.45) is 1.15. The first-order valence-corrected chi connectivity index (χ1v) is 12.3. The van der Waals surface area contributed by atoms with E-state index in [0.29, 0.717) is 5.92 Å². The van der Waals surface area contributed by atoms with Gasteiger partial charge in [-0.25, -0.2) is 0 Å². The molecule has 1 aliphatic rings. The van der Waals surface area contributed by atoms with Crippen molar-refractivity contribution in [3.8, 4) is 33.4 Å². The fraction of sp³-hybridized carbons (Fsp3) is 0.273. The van der Waals surface area contributed by atoms with Gasteiger partial charge in [0.05, 0.1) is 0 Å². The van der Waals surface area contributed by atoms with Crippen LogP contribution in [0, 0.1) is 13.8 Å². The molecule has 0 nitrogen and oxygen atoms in total. The predicted molar refractivity (Wildman–Crippen MR) is 143 cm³/mol. The topological polar surface area (TPSA) is 0 Å². The van der Waals surface area contributed by atoms with Gasteiger partial charge >= 0.3 is 0 Å². The molecule has 5 rings (SSSR count). The van der Waals surface area contributed by atoms with Gasteiger partial charge in [-0.2, -0.15) is 0 Å². The lowest BCUT2D eigenvalue weighted by molar-refractivity contribution is 0.660. The molecule has 0 heterocycles. The van der Waals surface area contributed by atoms with Gasteiger partial charge in [0.15, 0.2) is 0 Å². The van der Waals surface area contributed by atoms with Crippen molar-refractivity contribution in [3.63, 3.8) is 0 Å². The van der Waals surface area contributed by atoms with E-state index in [4.69, 9.17) is 0 Å². The van der Waals surface area contributed by atoms with Crippen molar-refractivity contribution in [3.05, 3.63) is 107 Å². The smallest absolute Gasteiger partial charge is 0.0159 e. The molecule has 1 atom stereocenters. The highest BCUT2D eigenvalue weighted by atomic mass is 14.4. The van der Waals surface area contributed by atoms with Crippen LogP contribution < -0.4 is 0 Å². The van der Waals surface area contributed by atoms with E-state index in [9.17, 15) is 0 Å². The lowest BCUT2D eigenvalue weighted by Gasteiger charge is -2.22. The van der Waals surface area contributed by atoms with Gasteiger partial charge in [-0.15, -0.1) is 0 Å². The fourth-order valence-corrected chi connectivity index (χ4v) is 5.51. The number of benzene rings is 4. The van der Waals surface area contributed by atoms with Crippen LogP contribution in [0.4, 0.5) is 0 Å². The number of aryl methyl sites for hydroxylation is 2. The Morgan fingerprint density at radius 3 is 2.06 bits per heavy atom. The lowest BCUT2D eigenvalue weighted by Crippen LogP contribution is -2.15. The minimum absolute atomic E-state index is 0.0172. The van der Waals surface area contributed by atoms with Crippen LogP contribution in [-0.2, 0) is 5.41 Å². The Balaban J connectivity index is 1.63. The van der Waals surface area contributed by atoms with Gasteiger partial charge in [0.2, 0.25) is 0 Å². The summed E-state index contributed by atoms with van der Waals surface area (Å²) in [5, 5.41) is 0. The Bertz CT molecular complexity index is 1350. The maximum Gasteiger partial charge on any atom is 0.0159 e. The summed E-state index contributed by atoms with van der Waals surface area (Å²) in [6, 6.07) is 29.9. The van der Waals surface area contributed by atoms with Crippen LogP contribution in [0.15, 0.2) is 78.9 Å². The molecule has 0 aliphatic heterocycles. The molecule has 0 heteroatoms. The van der Waals surface area contributed by atoms with Crippen molar-refractivity contribution < 1.29 is 0 Å². The molecule has 4 aromatic rings. The summed E-state index contributed by atoms with van der Waals surface area (Å²) in [6.45, 7) is 13.8. The van der Waals surface area contributed by atoms with Gasteiger partial charge in [0.25, 0.3) is 0 Å². The number of hydrogen-bond donors (Lipinski definition) is 0. The average Bonchev–Trinajstić information content (AvgIpc) is 3.05. The Kier molecular flexibility index (Phi) is 5.28. The molecule has 0 saturated carbocycles. The number of rotatable bonds is 4. The summed E-state index contributed by atoms with van der Waals surface area (Å²) in [5.41, 5.74) is 15.1. The molecular weight excluding hydrogens is 396 g/mol. The first kappa shape index (κ1) is 21.7. The molecule has 0 amide bonds. The third kappa shape index (κ3) is 3.53. The third-order valence-electron chi connectivity index (χ3n) is 7.80. The molecule has 0 spiro atoms. The van der Waals surface area contributed by atoms with Gasteiger partial charge in [-0.1, -0.05) is 100.0 Å². The average molecular weight is 431 g/mol. The predicted octanol–water partition coefficient (Wildman–Crippen LogP) is 9.46. The van der Waals surface area contributed by atoms with Crippen LogP contribution in [0.1, 0.15) is 67.9 Å². The maximum atomic E-state index is 2.43. The van der Waals surface area contributed by atoms with Gasteiger partial charge in [-0.3, -0.25) is 0 Å². The van der Waals surface area contributed by atoms with E-state index in [1.807, 2.05) is 0 Å². The second-order valence-corrected chi connectivity index (χ2v) is 10.4. The molecule has 4 aromatic carbocycles. The van der Waals surface area contributed by atoms with E-state index < -0.39 is 0 Å². The standard InChI is InChI=1S/C33H34/c1-7-22(3)26-10-8-9-11-27(26)30-19-24(14-13-23(30)4)25-15-17-29-28-16-12-21(2)18-31(28)33(5,6)32(29)20-25/h8-20,22H,7H2,1-6H3. The first-order chi connectivity index (χ1) is 15.8. The van der Waals surface area contributed by atoms with Crippen LogP contribution in [0.3, 0.4) is 0 Å².